The Balaban J connectivity index is 1.67. The van der Waals surface area contributed by atoms with E-state index in [-0.39, 0.29) is 5.97 Å². The third-order valence-electron chi connectivity index (χ3n) is 6.09. The second kappa shape index (κ2) is 15.6. The Labute approximate surface area is 233 Å². The van der Waals surface area contributed by atoms with Gasteiger partial charge in [0.1, 0.15) is 5.75 Å². The largest absolute Gasteiger partial charge is 0.497 e. The van der Waals surface area contributed by atoms with Crippen LogP contribution in [-0.4, -0.2) is 19.7 Å². The second-order valence-corrected chi connectivity index (χ2v) is 8.81. The van der Waals surface area contributed by atoms with Crippen LogP contribution in [0.4, 0.5) is 0 Å². The lowest BCUT2D eigenvalue weighted by atomic mass is 9.95. The van der Waals surface area contributed by atoms with E-state index in [1.807, 2.05) is 48.5 Å². The highest BCUT2D eigenvalue weighted by Crippen LogP contribution is 2.19. The van der Waals surface area contributed by atoms with E-state index in [4.69, 9.17) is 9.47 Å². The molecule has 0 spiro atoms. The first-order valence-electron chi connectivity index (χ1n) is 13.3. The maximum absolute atomic E-state index is 11.0. The van der Waals surface area contributed by atoms with Crippen LogP contribution in [0, 0.1) is 35.5 Å². The van der Waals surface area contributed by atoms with Crippen LogP contribution in [-0.2, 0) is 22.4 Å². The molecule has 0 bridgehead atoms. The van der Waals surface area contributed by atoms with Gasteiger partial charge in [-0.15, -0.1) is 0 Å². The van der Waals surface area contributed by atoms with Crippen molar-refractivity contribution >= 4 is 5.97 Å². The van der Waals surface area contributed by atoms with Crippen molar-refractivity contribution in [2.45, 2.75) is 46.0 Å². The van der Waals surface area contributed by atoms with E-state index in [1.54, 1.807) is 7.11 Å². The summed E-state index contributed by atoms with van der Waals surface area (Å²) in [5.74, 6) is 20.1. The van der Waals surface area contributed by atoms with E-state index in [2.05, 4.69) is 68.1 Å². The molecule has 0 unspecified atom stereocenters. The Kier molecular flexibility index (Phi) is 11.5. The van der Waals surface area contributed by atoms with Crippen molar-refractivity contribution in [1.82, 2.24) is 0 Å². The highest BCUT2D eigenvalue weighted by atomic mass is 16.5. The summed E-state index contributed by atoms with van der Waals surface area (Å²) in [6.45, 7) is 8.08. The average molecular weight is 515 g/mol. The van der Waals surface area contributed by atoms with Crippen LogP contribution >= 0.6 is 0 Å². The SMILES string of the molecule is C=CC(=O)OCCCCC#Cc1ccc(C#Cc2cc(CC)c(C#Cc3ccc(OC)cc3)cc2CC)cc1. The molecule has 0 amide bonds. The van der Waals surface area contributed by atoms with Gasteiger partial charge in [0, 0.05) is 40.3 Å². The van der Waals surface area contributed by atoms with Crippen LogP contribution in [0.2, 0.25) is 0 Å². The van der Waals surface area contributed by atoms with Gasteiger partial charge in [0.25, 0.3) is 0 Å². The first kappa shape index (κ1) is 28.9. The summed E-state index contributed by atoms with van der Waals surface area (Å²) in [5, 5.41) is 0. The predicted octanol–water partition coefficient (Wildman–Crippen LogP) is 6.87. The molecule has 0 fully saturated rings. The number of aryl methyl sites for hydroxylation is 2. The first-order chi connectivity index (χ1) is 19.1. The maximum atomic E-state index is 11.0. The molecule has 3 heteroatoms. The molecule has 0 aliphatic carbocycles. The van der Waals surface area contributed by atoms with Crippen molar-refractivity contribution in [2.75, 3.05) is 13.7 Å². The molecular weight excluding hydrogens is 480 g/mol. The number of benzene rings is 3. The van der Waals surface area contributed by atoms with E-state index in [1.165, 1.54) is 17.2 Å². The van der Waals surface area contributed by atoms with Gasteiger partial charge in [-0.25, -0.2) is 4.79 Å². The molecule has 39 heavy (non-hydrogen) atoms. The average Bonchev–Trinajstić information content (AvgIpc) is 2.98. The van der Waals surface area contributed by atoms with Gasteiger partial charge in [-0.2, -0.15) is 0 Å². The van der Waals surface area contributed by atoms with Crippen molar-refractivity contribution < 1.29 is 14.3 Å². The number of ether oxygens (including phenoxy) is 2. The zero-order valence-electron chi connectivity index (χ0n) is 23.0. The molecule has 0 saturated heterocycles. The highest BCUT2D eigenvalue weighted by molar-refractivity contribution is 5.81. The van der Waals surface area contributed by atoms with Crippen molar-refractivity contribution in [1.29, 1.82) is 0 Å². The molecule has 0 N–H and O–H groups in total. The fourth-order valence-electron chi connectivity index (χ4n) is 3.81. The van der Waals surface area contributed by atoms with Gasteiger partial charge in [-0.05, 0) is 97.5 Å². The van der Waals surface area contributed by atoms with Crippen LogP contribution in [0.5, 0.6) is 5.75 Å². The van der Waals surface area contributed by atoms with E-state index in [0.717, 1.165) is 65.7 Å². The zero-order valence-corrected chi connectivity index (χ0v) is 23.0. The summed E-state index contributed by atoms with van der Waals surface area (Å²) in [4.78, 5) is 11.0. The lowest BCUT2D eigenvalue weighted by molar-refractivity contribution is -0.137. The second-order valence-electron chi connectivity index (χ2n) is 8.81. The molecule has 196 valence electrons. The minimum atomic E-state index is -0.381. The zero-order chi connectivity index (χ0) is 27.9. The summed E-state index contributed by atoms with van der Waals surface area (Å²) < 4.78 is 10.2. The van der Waals surface area contributed by atoms with Crippen LogP contribution in [0.15, 0.2) is 73.3 Å². The Bertz CT molecular complexity index is 1460. The molecule has 3 nitrogen and oxygen atoms in total. The summed E-state index contributed by atoms with van der Waals surface area (Å²) in [6.07, 6.45) is 5.38. The number of unbranched alkanes of at least 4 members (excludes halogenated alkanes) is 2. The Morgan fingerprint density at radius 3 is 1.77 bits per heavy atom. The van der Waals surface area contributed by atoms with Crippen molar-refractivity contribution in [3.63, 3.8) is 0 Å². The van der Waals surface area contributed by atoms with Crippen LogP contribution in [0.1, 0.15) is 72.1 Å². The van der Waals surface area contributed by atoms with Crippen molar-refractivity contribution in [3.8, 4) is 41.3 Å². The minimum Gasteiger partial charge on any atom is -0.497 e. The Hall–Kier alpha value is -4.65. The molecule has 0 atom stereocenters. The monoisotopic (exact) mass is 514 g/mol. The number of carbonyl (C=O) groups excluding carboxylic acids is 1. The topological polar surface area (TPSA) is 35.5 Å². The summed E-state index contributed by atoms with van der Waals surface area (Å²) in [7, 11) is 1.66. The van der Waals surface area contributed by atoms with Crippen LogP contribution < -0.4 is 4.74 Å². The fourth-order valence-corrected chi connectivity index (χ4v) is 3.81. The number of rotatable bonds is 8. The molecule has 0 radical (unpaired) electrons. The van der Waals surface area contributed by atoms with E-state index in [9.17, 15) is 4.79 Å². The molecular formula is C36H34O3. The highest BCUT2D eigenvalue weighted by Gasteiger charge is 2.06. The summed E-state index contributed by atoms with van der Waals surface area (Å²) in [5.41, 5.74) is 7.36. The number of methoxy groups -OCH3 is 1. The first-order valence-corrected chi connectivity index (χ1v) is 13.3. The third-order valence-corrected chi connectivity index (χ3v) is 6.09. The van der Waals surface area contributed by atoms with Crippen molar-refractivity contribution in [3.05, 3.63) is 112 Å². The number of carbonyl (C=O) groups is 1. The molecule has 3 rings (SSSR count). The molecule has 0 aliphatic rings. The quantitative estimate of drug-likeness (QED) is 0.142. The van der Waals surface area contributed by atoms with E-state index < -0.39 is 0 Å². The molecule has 3 aromatic rings. The van der Waals surface area contributed by atoms with Crippen LogP contribution in [0.3, 0.4) is 0 Å². The molecule has 0 saturated carbocycles. The molecule has 0 heterocycles. The number of hydrogen-bond acceptors (Lipinski definition) is 3. The van der Waals surface area contributed by atoms with Gasteiger partial charge in [-0.1, -0.05) is 55.9 Å². The lowest BCUT2D eigenvalue weighted by Gasteiger charge is -2.08. The fraction of sp³-hybridized carbons (Fsp3) is 0.250. The number of esters is 1. The Morgan fingerprint density at radius 1 is 0.769 bits per heavy atom. The van der Waals surface area contributed by atoms with Gasteiger partial charge < -0.3 is 9.47 Å². The molecule has 3 aromatic carbocycles. The van der Waals surface area contributed by atoms with Crippen LogP contribution in [0.25, 0.3) is 0 Å². The molecule has 0 aromatic heterocycles. The summed E-state index contributed by atoms with van der Waals surface area (Å²) >= 11 is 0. The normalized spacial score (nSPS) is 9.62. The number of hydrogen-bond donors (Lipinski definition) is 0. The van der Waals surface area contributed by atoms with Gasteiger partial charge >= 0.3 is 5.97 Å². The van der Waals surface area contributed by atoms with Gasteiger partial charge in [0.05, 0.1) is 13.7 Å². The van der Waals surface area contributed by atoms with E-state index in [0.29, 0.717) is 6.61 Å². The molecule has 0 aliphatic heterocycles. The third kappa shape index (κ3) is 9.31. The smallest absolute Gasteiger partial charge is 0.330 e. The summed E-state index contributed by atoms with van der Waals surface area (Å²) in [6, 6.07) is 20.2. The van der Waals surface area contributed by atoms with Gasteiger partial charge in [-0.3, -0.25) is 0 Å². The minimum absolute atomic E-state index is 0.381. The van der Waals surface area contributed by atoms with E-state index >= 15 is 0 Å². The van der Waals surface area contributed by atoms with Crippen molar-refractivity contribution in [2.24, 2.45) is 0 Å². The van der Waals surface area contributed by atoms with Gasteiger partial charge in [0.2, 0.25) is 0 Å². The Morgan fingerprint density at radius 2 is 1.28 bits per heavy atom. The lowest BCUT2D eigenvalue weighted by Crippen LogP contribution is -2.01. The maximum Gasteiger partial charge on any atom is 0.330 e. The van der Waals surface area contributed by atoms with Gasteiger partial charge in [0.15, 0.2) is 0 Å². The standard InChI is InChI=1S/C36H34O3/c1-5-31-27-34(22-18-30-19-23-35(38-4)24-20-30)32(6-2)26-33(31)21-17-29-15-13-28(14-16-29)12-10-8-9-11-25-39-36(37)7-3/h7,13-16,19-20,23-24,26-27H,3,5-6,8-9,11,25H2,1-2,4H3. The predicted molar refractivity (Wildman–Crippen MR) is 158 cm³/mol.